The van der Waals surface area contributed by atoms with E-state index in [1.807, 2.05) is 6.92 Å². The smallest absolute Gasteiger partial charge is 0.0802 e. The highest BCUT2D eigenvalue weighted by atomic mass is 16.5. The summed E-state index contributed by atoms with van der Waals surface area (Å²) in [4.78, 5) is 0. The molecule has 62 valence electrons. The van der Waals surface area contributed by atoms with Crippen molar-refractivity contribution in [1.29, 1.82) is 0 Å². The van der Waals surface area contributed by atoms with Gasteiger partial charge in [-0.3, -0.25) is 0 Å². The fourth-order valence-corrected chi connectivity index (χ4v) is 0.805. The molecular weight excluding hydrogens is 128 g/mol. The van der Waals surface area contributed by atoms with Crippen LogP contribution in [0.3, 0.4) is 0 Å². The maximum atomic E-state index is 9.32. The van der Waals surface area contributed by atoms with Crippen molar-refractivity contribution in [3.63, 3.8) is 0 Å². The van der Waals surface area contributed by atoms with Crippen LogP contribution in [0, 0.1) is 0 Å². The summed E-state index contributed by atoms with van der Waals surface area (Å²) in [6, 6.07) is 0. The molecule has 2 unspecified atom stereocenters. The van der Waals surface area contributed by atoms with Crippen molar-refractivity contribution < 1.29 is 9.84 Å². The number of hydrogen-bond donors (Lipinski definition) is 1. The van der Waals surface area contributed by atoms with Crippen LogP contribution in [0.25, 0.3) is 0 Å². The van der Waals surface area contributed by atoms with E-state index in [1.54, 1.807) is 7.11 Å². The van der Waals surface area contributed by atoms with Gasteiger partial charge in [-0.25, -0.2) is 0 Å². The van der Waals surface area contributed by atoms with Gasteiger partial charge in [0.15, 0.2) is 0 Å². The third kappa shape index (κ3) is 3.85. The predicted molar refractivity (Wildman–Crippen MR) is 42.0 cm³/mol. The molecule has 0 saturated carbocycles. The summed E-state index contributed by atoms with van der Waals surface area (Å²) in [6.07, 6.45) is 2.75. The molecule has 0 heterocycles. The van der Waals surface area contributed by atoms with Crippen molar-refractivity contribution in [2.24, 2.45) is 0 Å². The Labute approximate surface area is 63.2 Å². The predicted octanol–water partition coefficient (Wildman–Crippen LogP) is 1.57. The van der Waals surface area contributed by atoms with Gasteiger partial charge in [-0.05, 0) is 13.3 Å². The van der Waals surface area contributed by atoms with E-state index in [2.05, 4.69) is 6.92 Å². The molecule has 10 heavy (non-hydrogen) atoms. The zero-order valence-corrected chi connectivity index (χ0v) is 7.13. The number of ether oxygens (including phenoxy) is 1. The molecule has 2 heteroatoms. The lowest BCUT2D eigenvalue weighted by Gasteiger charge is -2.16. The Kier molecular flexibility index (Phi) is 5.64. The second-order valence-electron chi connectivity index (χ2n) is 2.65. The van der Waals surface area contributed by atoms with Crippen molar-refractivity contribution in [2.45, 2.75) is 45.3 Å². The number of aliphatic hydroxyl groups excluding tert-OH is 1. The topological polar surface area (TPSA) is 29.5 Å². The molecule has 0 aliphatic rings. The van der Waals surface area contributed by atoms with Crippen LogP contribution >= 0.6 is 0 Å². The monoisotopic (exact) mass is 146 g/mol. The Morgan fingerprint density at radius 3 is 2.50 bits per heavy atom. The molecule has 0 aromatic carbocycles. The molecule has 0 rings (SSSR count). The highest BCUT2D eigenvalue weighted by molar-refractivity contribution is 4.62. The van der Waals surface area contributed by atoms with Crippen LogP contribution in [-0.4, -0.2) is 24.4 Å². The van der Waals surface area contributed by atoms with Gasteiger partial charge >= 0.3 is 0 Å². The lowest BCUT2D eigenvalue weighted by molar-refractivity contribution is -0.00510. The summed E-state index contributed by atoms with van der Waals surface area (Å²) in [5, 5.41) is 9.32. The van der Waals surface area contributed by atoms with E-state index in [0.717, 1.165) is 19.3 Å². The number of methoxy groups -OCH3 is 1. The van der Waals surface area contributed by atoms with Gasteiger partial charge < -0.3 is 9.84 Å². The standard InChI is InChI=1S/C8H18O2/c1-4-5-6-8(9)7(2)10-3/h7-9H,4-6H2,1-3H3. The summed E-state index contributed by atoms with van der Waals surface area (Å²) in [5.74, 6) is 0. The van der Waals surface area contributed by atoms with E-state index >= 15 is 0 Å². The van der Waals surface area contributed by atoms with Crippen molar-refractivity contribution >= 4 is 0 Å². The van der Waals surface area contributed by atoms with E-state index in [0.29, 0.717) is 0 Å². The molecule has 1 N–H and O–H groups in total. The number of aliphatic hydroxyl groups is 1. The van der Waals surface area contributed by atoms with Gasteiger partial charge in [0.2, 0.25) is 0 Å². The summed E-state index contributed by atoms with van der Waals surface area (Å²) in [6.45, 7) is 4.00. The molecule has 0 aromatic rings. The van der Waals surface area contributed by atoms with Crippen LogP contribution in [0.1, 0.15) is 33.1 Å². The first kappa shape index (κ1) is 9.92. The van der Waals surface area contributed by atoms with Gasteiger partial charge in [0.1, 0.15) is 0 Å². The van der Waals surface area contributed by atoms with Crippen LogP contribution in [0.5, 0.6) is 0 Å². The zero-order chi connectivity index (χ0) is 7.98. The van der Waals surface area contributed by atoms with Gasteiger partial charge in [-0.2, -0.15) is 0 Å². The number of unbranched alkanes of at least 4 members (excludes halogenated alkanes) is 1. The zero-order valence-electron chi connectivity index (χ0n) is 7.13. The minimum absolute atomic E-state index is 0.0217. The van der Waals surface area contributed by atoms with Crippen molar-refractivity contribution in [3.8, 4) is 0 Å². The largest absolute Gasteiger partial charge is 0.390 e. The SMILES string of the molecule is CCCCC(O)C(C)OC. The first-order valence-electron chi connectivity index (χ1n) is 3.93. The molecule has 0 aromatic heterocycles. The molecule has 0 amide bonds. The third-order valence-corrected chi connectivity index (χ3v) is 1.77. The number of rotatable bonds is 5. The van der Waals surface area contributed by atoms with Crippen molar-refractivity contribution in [2.75, 3.05) is 7.11 Å². The lowest BCUT2D eigenvalue weighted by atomic mass is 10.1. The van der Waals surface area contributed by atoms with E-state index in [4.69, 9.17) is 4.74 Å². The quantitative estimate of drug-likeness (QED) is 0.638. The molecular formula is C8H18O2. The molecule has 0 spiro atoms. The van der Waals surface area contributed by atoms with Gasteiger partial charge in [-0.15, -0.1) is 0 Å². The average molecular weight is 146 g/mol. The third-order valence-electron chi connectivity index (χ3n) is 1.77. The maximum absolute atomic E-state index is 9.32. The Morgan fingerprint density at radius 1 is 1.50 bits per heavy atom. The van der Waals surface area contributed by atoms with E-state index in [1.165, 1.54) is 0 Å². The maximum Gasteiger partial charge on any atom is 0.0802 e. The first-order valence-corrected chi connectivity index (χ1v) is 3.93. The Hall–Kier alpha value is -0.0800. The number of hydrogen-bond acceptors (Lipinski definition) is 2. The molecule has 0 aliphatic heterocycles. The van der Waals surface area contributed by atoms with Gasteiger partial charge in [0, 0.05) is 7.11 Å². The second kappa shape index (κ2) is 5.69. The molecule has 0 fully saturated rings. The van der Waals surface area contributed by atoms with E-state index < -0.39 is 0 Å². The lowest BCUT2D eigenvalue weighted by Crippen LogP contribution is -2.24. The Morgan fingerprint density at radius 2 is 2.10 bits per heavy atom. The van der Waals surface area contributed by atoms with Crippen molar-refractivity contribution in [1.82, 2.24) is 0 Å². The Bertz CT molecular complexity index is 73.7. The van der Waals surface area contributed by atoms with Crippen LogP contribution in [0.15, 0.2) is 0 Å². The molecule has 0 bridgehead atoms. The highest BCUT2D eigenvalue weighted by Gasteiger charge is 2.11. The van der Waals surface area contributed by atoms with Crippen molar-refractivity contribution in [3.05, 3.63) is 0 Å². The highest BCUT2D eigenvalue weighted by Crippen LogP contribution is 2.06. The van der Waals surface area contributed by atoms with E-state index in [-0.39, 0.29) is 12.2 Å². The van der Waals surface area contributed by atoms with Crippen LogP contribution in [0.2, 0.25) is 0 Å². The summed E-state index contributed by atoms with van der Waals surface area (Å²) in [5.41, 5.74) is 0. The second-order valence-corrected chi connectivity index (χ2v) is 2.65. The summed E-state index contributed by atoms with van der Waals surface area (Å²) < 4.78 is 4.96. The first-order chi connectivity index (χ1) is 4.72. The van der Waals surface area contributed by atoms with E-state index in [9.17, 15) is 5.11 Å². The van der Waals surface area contributed by atoms with Gasteiger partial charge in [-0.1, -0.05) is 19.8 Å². The molecule has 0 saturated heterocycles. The van der Waals surface area contributed by atoms with Crippen LogP contribution in [0.4, 0.5) is 0 Å². The average Bonchev–Trinajstić information content (AvgIpc) is 1.98. The Balaban J connectivity index is 3.31. The van der Waals surface area contributed by atoms with Gasteiger partial charge in [0.05, 0.1) is 12.2 Å². The fourth-order valence-electron chi connectivity index (χ4n) is 0.805. The molecule has 2 atom stereocenters. The molecule has 2 nitrogen and oxygen atoms in total. The van der Waals surface area contributed by atoms with Crippen LogP contribution in [-0.2, 0) is 4.74 Å². The summed E-state index contributed by atoms with van der Waals surface area (Å²) in [7, 11) is 1.62. The minimum Gasteiger partial charge on any atom is -0.390 e. The van der Waals surface area contributed by atoms with Crippen LogP contribution < -0.4 is 0 Å². The minimum atomic E-state index is -0.287. The normalized spacial score (nSPS) is 16.8. The fraction of sp³-hybridized carbons (Fsp3) is 1.00. The molecule has 0 aliphatic carbocycles. The summed E-state index contributed by atoms with van der Waals surface area (Å²) >= 11 is 0. The van der Waals surface area contributed by atoms with Gasteiger partial charge in [0.25, 0.3) is 0 Å². The molecule has 0 radical (unpaired) electrons.